The fraction of sp³-hybridized carbons (Fsp3) is 0.867. The Hall–Kier alpha value is -2.21. The molecule has 5 atom stereocenters. The molecule has 2 heterocycles. The number of carbonyl (C=O) groups excluding carboxylic acids is 4. The predicted molar refractivity (Wildman–Crippen MR) is 156 cm³/mol. The first kappa shape index (κ1) is 32.7. The summed E-state index contributed by atoms with van der Waals surface area (Å²) in [6, 6.07) is -0.883. The molecule has 0 aromatic rings. The number of hydrogen-bond donors (Lipinski definition) is 2. The highest BCUT2D eigenvalue weighted by Crippen LogP contribution is 2.48. The van der Waals surface area contributed by atoms with E-state index in [9.17, 15) is 27.6 Å². The van der Waals surface area contributed by atoms with Crippen LogP contribution in [0.25, 0.3) is 0 Å². The molecule has 0 bridgehead atoms. The lowest BCUT2D eigenvalue weighted by atomic mass is 9.95. The van der Waals surface area contributed by atoms with Gasteiger partial charge in [0.2, 0.25) is 21.8 Å². The number of hydrogen-bond acceptors (Lipinski definition) is 8. The SMILES string of the molecule is CCCCCCOC(=O)C[C@H]1CCCCCCC[C@@H]2C[C@@]2(C(=O)NS(=O)(=O)C2CC2)NC(=O)[C@@H]2C[C@@H](OC)CN2C1=O. The molecule has 2 saturated heterocycles. The van der Waals surface area contributed by atoms with E-state index in [-0.39, 0.29) is 37.3 Å². The van der Waals surface area contributed by atoms with Crippen molar-refractivity contribution in [1.29, 1.82) is 0 Å². The molecule has 3 amide bonds. The van der Waals surface area contributed by atoms with Crippen LogP contribution in [-0.2, 0) is 38.7 Å². The van der Waals surface area contributed by atoms with Crippen LogP contribution in [0.3, 0.4) is 0 Å². The Bertz CT molecular complexity index is 1090. The number of unbranched alkanes of at least 4 members (excludes halogenated alkanes) is 3. The molecule has 12 heteroatoms. The minimum Gasteiger partial charge on any atom is -0.466 e. The van der Waals surface area contributed by atoms with E-state index in [1.54, 1.807) is 0 Å². The molecule has 0 aromatic heterocycles. The van der Waals surface area contributed by atoms with Crippen molar-refractivity contribution >= 4 is 33.7 Å². The molecule has 0 aromatic carbocycles. The largest absolute Gasteiger partial charge is 0.466 e. The van der Waals surface area contributed by atoms with Crippen molar-refractivity contribution in [3.8, 4) is 0 Å². The lowest BCUT2D eigenvalue weighted by Crippen LogP contribution is -2.57. The maximum Gasteiger partial charge on any atom is 0.306 e. The van der Waals surface area contributed by atoms with Gasteiger partial charge >= 0.3 is 5.97 Å². The summed E-state index contributed by atoms with van der Waals surface area (Å²) in [5, 5.41) is 2.34. The summed E-state index contributed by atoms with van der Waals surface area (Å²) in [6.45, 7) is 2.65. The van der Waals surface area contributed by atoms with Crippen LogP contribution >= 0.6 is 0 Å². The zero-order valence-corrected chi connectivity index (χ0v) is 26.1. The van der Waals surface area contributed by atoms with Gasteiger partial charge in [-0.2, -0.15) is 0 Å². The first-order chi connectivity index (χ1) is 20.1. The van der Waals surface area contributed by atoms with Crippen molar-refractivity contribution in [1.82, 2.24) is 14.9 Å². The number of sulfonamides is 1. The minimum atomic E-state index is -3.78. The second-order valence-corrected chi connectivity index (χ2v) is 14.6. The topological polar surface area (TPSA) is 148 Å². The van der Waals surface area contributed by atoms with Gasteiger partial charge in [0.15, 0.2) is 0 Å². The third-order valence-corrected chi connectivity index (χ3v) is 11.2. The number of fused-ring (bicyclic) bond motifs is 2. The zero-order chi connectivity index (χ0) is 30.3. The summed E-state index contributed by atoms with van der Waals surface area (Å²) < 4.78 is 38.4. The van der Waals surface area contributed by atoms with Crippen LogP contribution in [0.4, 0.5) is 0 Å². The Morgan fingerprint density at radius 1 is 1.02 bits per heavy atom. The molecule has 2 aliphatic carbocycles. The van der Waals surface area contributed by atoms with E-state index in [0.29, 0.717) is 38.7 Å². The first-order valence-electron chi connectivity index (χ1n) is 16.0. The molecule has 11 nitrogen and oxygen atoms in total. The third-order valence-electron chi connectivity index (χ3n) is 9.36. The minimum absolute atomic E-state index is 0.0391. The molecule has 42 heavy (non-hydrogen) atoms. The van der Waals surface area contributed by atoms with Crippen LogP contribution in [0.1, 0.15) is 110 Å². The van der Waals surface area contributed by atoms with Crippen LogP contribution < -0.4 is 10.0 Å². The third kappa shape index (κ3) is 8.24. The van der Waals surface area contributed by atoms with Crippen molar-refractivity contribution in [3.63, 3.8) is 0 Å². The number of nitrogens with one attached hydrogen (secondary N) is 2. The summed E-state index contributed by atoms with van der Waals surface area (Å²) in [5.41, 5.74) is -1.31. The molecule has 4 aliphatic rings. The Morgan fingerprint density at radius 3 is 2.43 bits per heavy atom. The standard InChI is InChI=1S/C30H49N3O8S/c1-3-4-5-11-16-41-26(34)17-21-12-9-7-6-8-10-13-22-19-30(22,29(37)32-42(38,39)24-14-15-24)31-27(35)25-18-23(40-2)20-33(25)28(21)36/h21-25H,3-20H2,1-2H3,(H,31,35)(H,32,37)/t21-,22-,23-,25+,30-/m1/s1. The second kappa shape index (κ2) is 14.5. The van der Waals surface area contributed by atoms with Gasteiger partial charge in [0, 0.05) is 26.0 Å². The Balaban J connectivity index is 1.50. The number of esters is 1. The summed E-state index contributed by atoms with van der Waals surface area (Å²) in [7, 11) is -2.25. The van der Waals surface area contributed by atoms with Crippen LogP contribution in [-0.4, -0.2) is 80.2 Å². The maximum atomic E-state index is 13.9. The van der Waals surface area contributed by atoms with Gasteiger partial charge in [0.1, 0.15) is 11.6 Å². The highest BCUT2D eigenvalue weighted by atomic mass is 32.2. The Morgan fingerprint density at radius 2 is 1.74 bits per heavy atom. The fourth-order valence-electron chi connectivity index (χ4n) is 6.45. The van der Waals surface area contributed by atoms with Gasteiger partial charge in [-0.15, -0.1) is 0 Å². The monoisotopic (exact) mass is 611 g/mol. The van der Waals surface area contributed by atoms with Crippen molar-refractivity contribution in [3.05, 3.63) is 0 Å². The average Bonchev–Trinajstić information content (AvgIpc) is 3.87. The first-order valence-corrected chi connectivity index (χ1v) is 17.5. The van der Waals surface area contributed by atoms with Crippen molar-refractivity contribution in [2.75, 3.05) is 20.3 Å². The molecule has 4 rings (SSSR count). The summed E-state index contributed by atoms with van der Waals surface area (Å²) in [4.78, 5) is 55.3. The molecular formula is C30H49N3O8S. The van der Waals surface area contributed by atoms with E-state index in [2.05, 4.69) is 17.0 Å². The van der Waals surface area contributed by atoms with Crippen LogP contribution in [0.15, 0.2) is 0 Å². The number of methoxy groups -OCH3 is 1. The predicted octanol–water partition coefficient (Wildman–Crippen LogP) is 2.96. The number of amides is 3. The molecule has 0 spiro atoms. The van der Waals surface area contributed by atoms with Crippen LogP contribution in [0.2, 0.25) is 0 Å². The van der Waals surface area contributed by atoms with Gasteiger partial charge in [-0.3, -0.25) is 23.9 Å². The second-order valence-electron chi connectivity index (χ2n) is 12.7. The number of nitrogens with zero attached hydrogens (tertiary/aromatic N) is 1. The molecule has 0 radical (unpaired) electrons. The molecule has 4 fully saturated rings. The van der Waals surface area contributed by atoms with Crippen molar-refractivity contribution in [2.24, 2.45) is 11.8 Å². The summed E-state index contributed by atoms with van der Waals surface area (Å²) in [6.07, 6.45) is 10.9. The highest BCUT2D eigenvalue weighted by molar-refractivity contribution is 7.91. The highest BCUT2D eigenvalue weighted by Gasteiger charge is 2.62. The molecule has 2 saturated carbocycles. The molecular weight excluding hydrogens is 562 g/mol. The van der Waals surface area contributed by atoms with E-state index in [1.807, 2.05) is 0 Å². The average molecular weight is 612 g/mol. The molecule has 2 N–H and O–H groups in total. The van der Waals surface area contributed by atoms with E-state index < -0.39 is 50.6 Å². The quantitative estimate of drug-likeness (QED) is 0.268. The molecule has 2 aliphatic heterocycles. The van der Waals surface area contributed by atoms with E-state index in [4.69, 9.17) is 9.47 Å². The number of rotatable bonds is 11. The van der Waals surface area contributed by atoms with Crippen LogP contribution in [0, 0.1) is 11.8 Å². The van der Waals surface area contributed by atoms with E-state index in [1.165, 1.54) is 12.0 Å². The Labute approximate surface area is 250 Å². The molecule has 0 unspecified atom stereocenters. The number of ether oxygens (including phenoxy) is 2. The smallest absolute Gasteiger partial charge is 0.306 e. The molecule has 238 valence electrons. The summed E-state index contributed by atoms with van der Waals surface area (Å²) >= 11 is 0. The normalized spacial score (nSPS) is 30.8. The van der Waals surface area contributed by atoms with Gasteiger partial charge in [0.05, 0.1) is 24.4 Å². The van der Waals surface area contributed by atoms with Crippen LogP contribution in [0.5, 0.6) is 0 Å². The van der Waals surface area contributed by atoms with Gasteiger partial charge in [-0.05, 0) is 44.4 Å². The van der Waals surface area contributed by atoms with E-state index >= 15 is 0 Å². The fourth-order valence-corrected chi connectivity index (χ4v) is 7.81. The Kier molecular flexibility index (Phi) is 11.3. The van der Waals surface area contributed by atoms with Crippen molar-refractivity contribution in [2.45, 2.75) is 133 Å². The van der Waals surface area contributed by atoms with Gasteiger partial charge in [0.25, 0.3) is 5.91 Å². The lowest BCUT2D eigenvalue weighted by molar-refractivity contribution is -0.150. The van der Waals surface area contributed by atoms with Gasteiger partial charge < -0.3 is 19.7 Å². The zero-order valence-electron chi connectivity index (χ0n) is 25.2. The van der Waals surface area contributed by atoms with E-state index in [0.717, 1.165) is 57.8 Å². The van der Waals surface area contributed by atoms with Gasteiger partial charge in [-0.1, -0.05) is 58.3 Å². The van der Waals surface area contributed by atoms with Crippen molar-refractivity contribution < 1.29 is 37.1 Å². The lowest BCUT2D eigenvalue weighted by Gasteiger charge is -2.29. The summed E-state index contributed by atoms with van der Waals surface area (Å²) in [5.74, 6) is -2.63. The number of carbonyl (C=O) groups is 4. The maximum absolute atomic E-state index is 13.9. The van der Waals surface area contributed by atoms with Gasteiger partial charge in [-0.25, -0.2) is 8.42 Å².